The number of carbonyl (C=O) groups is 2. The van der Waals surface area contributed by atoms with E-state index in [-0.39, 0.29) is 36.4 Å². The van der Waals surface area contributed by atoms with E-state index in [1.54, 1.807) is 43.1 Å². The number of ether oxygens (including phenoxy) is 3. The van der Waals surface area contributed by atoms with Gasteiger partial charge in [0.2, 0.25) is 0 Å². The van der Waals surface area contributed by atoms with Crippen LogP contribution >= 0.6 is 0 Å². The van der Waals surface area contributed by atoms with Gasteiger partial charge in [0.1, 0.15) is 5.82 Å². The molecule has 2 aliphatic heterocycles. The van der Waals surface area contributed by atoms with Crippen molar-refractivity contribution in [3.63, 3.8) is 0 Å². The Balaban J connectivity index is 1.33. The molecule has 0 saturated carbocycles. The van der Waals surface area contributed by atoms with Crippen molar-refractivity contribution in [2.24, 2.45) is 5.92 Å². The summed E-state index contributed by atoms with van der Waals surface area (Å²) in [7, 11) is 3.18. The Morgan fingerprint density at radius 3 is 2.31 bits per heavy atom. The number of aryl methyl sites for hydroxylation is 1. The molecule has 10 heteroatoms. The molecule has 0 bridgehead atoms. The van der Waals surface area contributed by atoms with Crippen molar-refractivity contribution in [3.8, 4) is 11.5 Å². The van der Waals surface area contributed by atoms with E-state index in [1.165, 1.54) is 4.90 Å². The Morgan fingerprint density at radius 2 is 1.62 bits per heavy atom. The standard InChI is InChI=1S/C35H38N4O6/c1-22(2)31-21-37(17-18-45-31)24-10-11-27-28(20-24)36-32(14-16-39-33(40)25-7-5-6-8-26(25)34(39)41)38(35(27)42)15-13-23-9-12-29(43-3)30(19-23)44-4/h5-12,19-20,22,31H,13-18,21H2,1-4H3. The smallest absolute Gasteiger partial charge is 0.261 e. The fourth-order valence-corrected chi connectivity index (χ4v) is 6.12. The molecule has 4 aromatic rings. The normalized spacial score (nSPS) is 16.5. The van der Waals surface area contributed by atoms with E-state index in [4.69, 9.17) is 19.2 Å². The van der Waals surface area contributed by atoms with Gasteiger partial charge in [-0.2, -0.15) is 0 Å². The number of anilines is 1. The number of nitrogens with zero attached hydrogens (tertiary/aromatic N) is 4. The SMILES string of the molecule is COc1ccc(CCn2c(CCN3C(=O)c4ccccc4C3=O)nc3cc(N4CCOC(C(C)C)C4)ccc3c2=O)cc1OC. The highest BCUT2D eigenvalue weighted by Gasteiger charge is 2.35. The van der Waals surface area contributed by atoms with Crippen molar-refractivity contribution in [1.82, 2.24) is 14.5 Å². The van der Waals surface area contributed by atoms with Gasteiger partial charge in [0.05, 0.1) is 49.0 Å². The van der Waals surface area contributed by atoms with Crippen molar-refractivity contribution in [2.45, 2.75) is 39.3 Å². The second kappa shape index (κ2) is 12.7. The number of hydrogen-bond acceptors (Lipinski definition) is 8. The van der Waals surface area contributed by atoms with Crippen LogP contribution in [0.2, 0.25) is 0 Å². The van der Waals surface area contributed by atoms with E-state index < -0.39 is 0 Å². The van der Waals surface area contributed by atoms with Crippen molar-refractivity contribution < 1.29 is 23.8 Å². The summed E-state index contributed by atoms with van der Waals surface area (Å²) in [5, 5.41) is 0.518. The quantitative estimate of drug-likeness (QED) is 0.244. The number of amides is 2. The number of morpholine rings is 1. The van der Waals surface area contributed by atoms with E-state index in [9.17, 15) is 14.4 Å². The van der Waals surface area contributed by atoms with Gasteiger partial charge in [-0.3, -0.25) is 23.9 Å². The molecule has 6 rings (SSSR count). The van der Waals surface area contributed by atoms with E-state index in [1.807, 2.05) is 36.4 Å². The first kappa shape index (κ1) is 30.3. The van der Waals surface area contributed by atoms with Crippen LogP contribution in [-0.4, -0.2) is 72.8 Å². The van der Waals surface area contributed by atoms with Crippen molar-refractivity contribution in [3.05, 3.63) is 93.5 Å². The molecule has 0 aliphatic carbocycles. The van der Waals surface area contributed by atoms with Gasteiger partial charge in [-0.25, -0.2) is 4.98 Å². The third-order valence-corrected chi connectivity index (χ3v) is 8.73. The molecule has 234 valence electrons. The van der Waals surface area contributed by atoms with Crippen LogP contribution in [0.4, 0.5) is 5.69 Å². The fraction of sp³-hybridized carbons (Fsp3) is 0.371. The van der Waals surface area contributed by atoms with E-state index in [0.717, 1.165) is 24.3 Å². The zero-order valence-electron chi connectivity index (χ0n) is 26.1. The van der Waals surface area contributed by atoms with E-state index >= 15 is 0 Å². The highest BCUT2D eigenvalue weighted by atomic mass is 16.5. The molecule has 1 aromatic heterocycles. The minimum absolute atomic E-state index is 0.111. The first-order valence-electron chi connectivity index (χ1n) is 15.3. The summed E-state index contributed by atoms with van der Waals surface area (Å²) in [6.07, 6.45) is 0.901. The Hall–Kier alpha value is -4.70. The van der Waals surface area contributed by atoms with Crippen molar-refractivity contribution in [2.75, 3.05) is 45.4 Å². The molecule has 1 unspecified atom stereocenters. The van der Waals surface area contributed by atoms with E-state index in [0.29, 0.717) is 64.8 Å². The molecular weight excluding hydrogens is 572 g/mol. The molecule has 0 radical (unpaired) electrons. The second-order valence-electron chi connectivity index (χ2n) is 11.8. The molecule has 45 heavy (non-hydrogen) atoms. The number of hydrogen-bond donors (Lipinski definition) is 0. The van der Waals surface area contributed by atoms with Crippen LogP contribution in [0.25, 0.3) is 10.9 Å². The Morgan fingerprint density at radius 1 is 0.889 bits per heavy atom. The number of imide groups is 1. The highest BCUT2D eigenvalue weighted by Crippen LogP contribution is 2.29. The summed E-state index contributed by atoms with van der Waals surface area (Å²) < 4.78 is 18.5. The second-order valence-corrected chi connectivity index (χ2v) is 11.8. The molecular formula is C35H38N4O6. The summed E-state index contributed by atoms with van der Waals surface area (Å²) in [5.41, 5.74) is 3.17. The third kappa shape index (κ3) is 5.90. The van der Waals surface area contributed by atoms with Crippen LogP contribution < -0.4 is 19.9 Å². The van der Waals surface area contributed by atoms with Crippen molar-refractivity contribution >= 4 is 28.4 Å². The summed E-state index contributed by atoms with van der Waals surface area (Å²) in [6.45, 7) is 6.93. The first-order chi connectivity index (χ1) is 21.8. The fourth-order valence-electron chi connectivity index (χ4n) is 6.12. The molecule has 0 N–H and O–H groups in total. The van der Waals surface area contributed by atoms with Gasteiger partial charge in [-0.1, -0.05) is 32.0 Å². The topological polar surface area (TPSA) is 103 Å². The van der Waals surface area contributed by atoms with E-state index in [2.05, 4.69) is 18.7 Å². The maximum Gasteiger partial charge on any atom is 0.261 e. The van der Waals surface area contributed by atoms with Gasteiger partial charge >= 0.3 is 0 Å². The minimum Gasteiger partial charge on any atom is -0.493 e. The molecule has 10 nitrogen and oxygen atoms in total. The van der Waals surface area contributed by atoms with Crippen LogP contribution in [-0.2, 0) is 24.1 Å². The summed E-state index contributed by atoms with van der Waals surface area (Å²) in [5.74, 6) is 1.49. The molecule has 0 spiro atoms. The average Bonchev–Trinajstić information content (AvgIpc) is 3.31. The number of methoxy groups -OCH3 is 2. The number of carbonyl (C=O) groups excluding carboxylic acids is 2. The van der Waals surface area contributed by atoms with Crippen molar-refractivity contribution in [1.29, 1.82) is 0 Å². The maximum atomic E-state index is 14.0. The third-order valence-electron chi connectivity index (χ3n) is 8.73. The average molecular weight is 611 g/mol. The largest absolute Gasteiger partial charge is 0.493 e. The lowest BCUT2D eigenvalue weighted by Gasteiger charge is -2.36. The predicted molar refractivity (Wildman–Crippen MR) is 172 cm³/mol. The van der Waals surface area contributed by atoms with Gasteiger partial charge in [0, 0.05) is 38.3 Å². The molecule has 1 saturated heterocycles. The molecule has 2 aliphatic rings. The lowest BCUT2D eigenvalue weighted by atomic mass is 10.0. The Kier molecular flexibility index (Phi) is 8.58. The minimum atomic E-state index is -0.329. The van der Waals surface area contributed by atoms with Gasteiger partial charge in [0.25, 0.3) is 17.4 Å². The molecule has 3 aromatic carbocycles. The van der Waals surface area contributed by atoms with Crippen LogP contribution in [0, 0.1) is 5.92 Å². The van der Waals surface area contributed by atoms with Crippen LogP contribution in [0.5, 0.6) is 11.5 Å². The summed E-state index contributed by atoms with van der Waals surface area (Å²) in [4.78, 5) is 48.7. The first-order valence-corrected chi connectivity index (χ1v) is 15.3. The van der Waals surface area contributed by atoms with Gasteiger partial charge in [-0.05, 0) is 60.4 Å². The van der Waals surface area contributed by atoms with Crippen LogP contribution in [0.3, 0.4) is 0 Å². The predicted octanol–water partition coefficient (Wildman–Crippen LogP) is 4.36. The number of fused-ring (bicyclic) bond motifs is 2. The molecule has 2 amide bonds. The maximum absolute atomic E-state index is 14.0. The number of benzene rings is 3. The summed E-state index contributed by atoms with van der Waals surface area (Å²) >= 11 is 0. The van der Waals surface area contributed by atoms with Gasteiger partial charge < -0.3 is 19.1 Å². The number of aromatic nitrogens is 2. The molecule has 3 heterocycles. The summed E-state index contributed by atoms with van der Waals surface area (Å²) in [6, 6.07) is 18.3. The number of rotatable bonds is 10. The Bertz CT molecular complexity index is 1780. The monoisotopic (exact) mass is 610 g/mol. The van der Waals surface area contributed by atoms with Crippen LogP contribution in [0.15, 0.2) is 65.5 Å². The van der Waals surface area contributed by atoms with Crippen LogP contribution in [0.1, 0.15) is 46.0 Å². The highest BCUT2D eigenvalue weighted by molar-refractivity contribution is 6.21. The Labute approximate surface area is 262 Å². The van der Waals surface area contributed by atoms with Gasteiger partial charge in [0.15, 0.2) is 11.5 Å². The molecule has 1 fully saturated rings. The lowest BCUT2D eigenvalue weighted by Crippen LogP contribution is -2.44. The zero-order valence-corrected chi connectivity index (χ0v) is 26.1. The molecule has 1 atom stereocenters. The van der Waals surface area contributed by atoms with Gasteiger partial charge in [-0.15, -0.1) is 0 Å². The zero-order chi connectivity index (χ0) is 31.7. The lowest BCUT2D eigenvalue weighted by molar-refractivity contribution is 0.0114.